The maximum absolute atomic E-state index is 11.8. The van der Waals surface area contributed by atoms with E-state index < -0.39 is 0 Å². The minimum atomic E-state index is -0.146. The van der Waals surface area contributed by atoms with E-state index in [1.165, 1.54) is 10.7 Å². The van der Waals surface area contributed by atoms with E-state index in [-0.39, 0.29) is 5.56 Å². The molecule has 0 atom stereocenters. The smallest absolute Gasteiger partial charge is 0.269 e. The Balaban J connectivity index is 2.31. The molecule has 18 heavy (non-hydrogen) atoms. The maximum atomic E-state index is 11.8. The third-order valence-electron chi connectivity index (χ3n) is 2.67. The summed E-state index contributed by atoms with van der Waals surface area (Å²) < 4.78 is 6.65. The molecule has 5 nitrogen and oxygen atoms in total. The summed E-state index contributed by atoms with van der Waals surface area (Å²) in [6.07, 6.45) is 1.62. The first-order chi connectivity index (χ1) is 8.74. The van der Waals surface area contributed by atoms with E-state index in [4.69, 9.17) is 4.74 Å². The molecule has 1 N–H and O–H groups in total. The molecule has 0 fully saturated rings. The number of ether oxygens (including phenoxy) is 1. The summed E-state index contributed by atoms with van der Waals surface area (Å²) in [5.74, 6) is 0.754. The first-order valence-corrected chi connectivity index (χ1v) is 5.61. The highest BCUT2D eigenvalue weighted by Gasteiger charge is 2.05. The molecule has 0 radical (unpaired) electrons. The fourth-order valence-corrected chi connectivity index (χ4v) is 1.68. The van der Waals surface area contributed by atoms with Crippen LogP contribution in [-0.2, 0) is 6.54 Å². The lowest BCUT2D eigenvalue weighted by atomic mass is 10.2. The molecule has 2 rings (SSSR count). The number of para-hydroxylation sites is 1. The number of nitrogens with zero attached hydrogens (tertiary/aromatic N) is 2. The van der Waals surface area contributed by atoms with Crippen LogP contribution in [0.4, 0.5) is 5.69 Å². The molecule has 94 valence electrons. The third-order valence-corrected chi connectivity index (χ3v) is 2.67. The van der Waals surface area contributed by atoms with Crippen LogP contribution < -0.4 is 15.6 Å². The van der Waals surface area contributed by atoms with Crippen LogP contribution in [0.3, 0.4) is 0 Å². The number of rotatable bonds is 4. The average molecular weight is 245 g/mol. The molecule has 1 aromatic carbocycles. The van der Waals surface area contributed by atoms with Crippen molar-refractivity contribution in [3.05, 3.63) is 52.4 Å². The predicted octanol–water partition coefficient (Wildman–Crippen LogP) is 1.34. The van der Waals surface area contributed by atoms with Crippen molar-refractivity contribution < 1.29 is 4.74 Å². The van der Waals surface area contributed by atoms with Gasteiger partial charge in [0.1, 0.15) is 5.75 Å². The lowest BCUT2D eigenvalue weighted by Crippen LogP contribution is -2.23. The molecule has 0 amide bonds. The van der Waals surface area contributed by atoms with E-state index in [9.17, 15) is 4.79 Å². The fraction of sp³-hybridized carbons (Fsp3) is 0.231. The molecular formula is C13H15N3O2. The van der Waals surface area contributed by atoms with E-state index in [1.54, 1.807) is 20.4 Å². The van der Waals surface area contributed by atoms with Gasteiger partial charge < -0.3 is 10.1 Å². The molecule has 0 saturated heterocycles. The van der Waals surface area contributed by atoms with Crippen molar-refractivity contribution in [1.29, 1.82) is 0 Å². The minimum absolute atomic E-state index is 0.146. The molecule has 0 aliphatic carbocycles. The van der Waals surface area contributed by atoms with E-state index >= 15 is 0 Å². The molecule has 0 saturated carbocycles. The lowest BCUT2D eigenvalue weighted by Gasteiger charge is -2.09. The largest absolute Gasteiger partial charge is 0.496 e. The van der Waals surface area contributed by atoms with Crippen molar-refractivity contribution in [2.75, 3.05) is 19.5 Å². The van der Waals surface area contributed by atoms with Gasteiger partial charge in [-0.3, -0.25) is 4.79 Å². The molecule has 0 aliphatic rings. The lowest BCUT2D eigenvalue weighted by molar-refractivity contribution is 0.407. The highest BCUT2D eigenvalue weighted by molar-refractivity contribution is 5.38. The van der Waals surface area contributed by atoms with E-state index in [0.29, 0.717) is 12.2 Å². The Morgan fingerprint density at radius 1 is 1.39 bits per heavy atom. The minimum Gasteiger partial charge on any atom is -0.496 e. The Labute approximate surface area is 105 Å². The van der Waals surface area contributed by atoms with Gasteiger partial charge in [0, 0.05) is 18.7 Å². The van der Waals surface area contributed by atoms with Crippen LogP contribution in [0.2, 0.25) is 0 Å². The van der Waals surface area contributed by atoms with Gasteiger partial charge in [0.2, 0.25) is 0 Å². The zero-order valence-corrected chi connectivity index (χ0v) is 10.4. The van der Waals surface area contributed by atoms with Crippen molar-refractivity contribution in [3.8, 4) is 5.75 Å². The Bertz CT molecular complexity index is 593. The second-order valence-electron chi connectivity index (χ2n) is 3.80. The van der Waals surface area contributed by atoms with Crippen molar-refractivity contribution in [3.63, 3.8) is 0 Å². The third kappa shape index (κ3) is 2.51. The van der Waals surface area contributed by atoms with Gasteiger partial charge in [-0.25, -0.2) is 4.68 Å². The van der Waals surface area contributed by atoms with Gasteiger partial charge in [0.05, 0.1) is 25.5 Å². The molecule has 1 heterocycles. The van der Waals surface area contributed by atoms with Crippen LogP contribution in [0, 0.1) is 0 Å². The Morgan fingerprint density at radius 3 is 2.83 bits per heavy atom. The monoisotopic (exact) mass is 245 g/mol. The van der Waals surface area contributed by atoms with Gasteiger partial charge in [0.15, 0.2) is 0 Å². The van der Waals surface area contributed by atoms with Gasteiger partial charge in [0.25, 0.3) is 5.56 Å². The number of hydrogen-bond acceptors (Lipinski definition) is 4. The van der Waals surface area contributed by atoms with Gasteiger partial charge in [-0.05, 0) is 6.07 Å². The Morgan fingerprint density at radius 2 is 2.17 bits per heavy atom. The fourth-order valence-electron chi connectivity index (χ4n) is 1.68. The van der Waals surface area contributed by atoms with Gasteiger partial charge in [-0.15, -0.1) is 0 Å². The molecule has 1 aromatic heterocycles. The molecule has 2 aromatic rings. The molecule has 0 spiro atoms. The highest BCUT2D eigenvalue weighted by atomic mass is 16.5. The predicted molar refractivity (Wildman–Crippen MR) is 70.1 cm³/mol. The van der Waals surface area contributed by atoms with Crippen molar-refractivity contribution in [1.82, 2.24) is 9.78 Å². The summed E-state index contributed by atoms with van der Waals surface area (Å²) in [4.78, 5) is 11.8. The molecular weight excluding hydrogens is 230 g/mol. The topological polar surface area (TPSA) is 56.1 Å². The maximum Gasteiger partial charge on any atom is 0.269 e. The Hall–Kier alpha value is -2.30. The first kappa shape index (κ1) is 12.2. The van der Waals surface area contributed by atoms with Crippen molar-refractivity contribution in [2.45, 2.75) is 6.54 Å². The second-order valence-corrected chi connectivity index (χ2v) is 3.80. The van der Waals surface area contributed by atoms with E-state index in [1.807, 2.05) is 24.3 Å². The molecule has 0 unspecified atom stereocenters. The first-order valence-electron chi connectivity index (χ1n) is 5.61. The van der Waals surface area contributed by atoms with Crippen LogP contribution >= 0.6 is 0 Å². The number of hydrogen-bond donors (Lipinski definition) is 1. The standard InChI is InChI=1S/C13H15N3O2/c1-14-11-7-13(17)16(15-8-11)9-10-5-3-4-6-12(10)18-2/h3-8,14H,9H2,1-2H3. The van der Waals surface area contributed by atoms with Crippen LogP contribution in [0.15, 0.2) is 41.3 Å². The normalized spacial score (nSPS) is 10.1. The van der Waals surface area contributed by atoms with Crippen LogP contribution in [-0.4, -0.2) is 23.9 Å². The van der Waals surface area contributed by atoms with E-state index in [2.05, 4.69) is 10.4 Å². The number of methoxy groups -OCH3 is 1. The Kier molecular flexibility index (Phi) is 3.62. The molecule has 0 bridgehead atoms. The molecule has 0 aliphatic heterocycles. The number of anilines is 1. The van der Waals surface area contributed by atoms with Gasteiger partial charge >= 0.3 is 0 Å². The van der Waals surface area contributed by atoms with Crippen molar-refractivity contribution in [2.24, 2.45) is 0 Å². The number of benzene rings is 1. The summed E-state index contributed by atoms with van der Waals surface area (Å²) in [5.41, 5.74) is 1.48. The highest BCUT2D eigenvalue weighted by Crippen LogP contribution is 2.17. The zero-order chi connectivity index (χ0) is 13.0. The molecule has 5 heteroatoms. The van der Waals surface area contributed by atoms with Crippen LogP contribution in [0.25, 0.3) is 0 Å². The van der Waals surface area contributed by atoms with E-state index in [0.717, 1.165) is 11.3 Å². The van der Waals surface area contributed by atoms with Gasteiger partial charge in [-0.1, -0.05) is 18.2 Å². The summed E-state index contributed by atoms with van der Waals surface area (Å²) in [7, 11) is 3.36. The second kappa shape index (κ2) is 5.35. The van der Waals surface area contributed by atoms with Crippen LogP contribution in [0.5, 0.6) is 5.75 Å². The summed E-state index contributed by atoms with van der Waals surface area (Å²) in [5, 5.41) is 6.99. The summed E-state index contributed by atoms with van der Waals surface area (Å²) in [6.45, 7) is 0.396. The van der Waals surface area contributed by atoms with Crippen molar-refractivity contribution >= 4 is 5.69 Å². The van der Waals surface area contributed by atoms with Crippen LogP contribution in [0.1, 0.15) is 5.56 Å². The quantitative estimate of drug-likeness (QED) is 0.883. The summed E-state index contributed by atoms with van der Waals surface area (Å²) in [6, 6.07) is 9.09. The number of nitrogens with one attached hydrogen (secondary N) is 1. The summed E-state index contributed by atoms with van der Waals surface area (Å²) >= 11 is 0. The SMILES string of the molecule is CNc1cnn(Cc2ccccc2OC)c(=O)c1. The zero-order valence-electron chi connectivity index (χ0n) is 10.4. The number of aromatic nitrogens is 2. The average Bonchev–Trinajstić information content (AvgIpc) is 2.41. The van der Waals surface area contributed by atoms with Gasteiger partial charge in [-0.2, -0.15) is 5.10 Å².